The summed E-state index contributed by atoms with van der Waals surface area (Å²) in [5.41, 5.74) is 1.09. The number of nitrogens with zero attached hydrogens (tertiary/aromatic N) is 1. The molecule has 0 radical (unpaired) electrons. The fourth-order valence-electron chi connectivity index (χ4n) is 1.48. The Labute approximate surface area is 90.9 Å². The molecule has 0 aliphatic carbocycles. The molecule has 0 aromatic carbocycles. The molecule has 1 aromatic rings. The van der Waals surface area contributed by atoms with Crippen molar-refractivity contribution >= 4 is 5.78 Å². The van der Waals surface area contributed by atoms with E-state index < -0.39 is 0 Å². The van der Waals surface area contributed by atoms with Gasteiger partial charge < -0.3 is 5.32 Å². The molecule has 0 aliphatic rings. The predicted molar refractivity (Wildman–Crippen MR) is 60.7 cm³/mol. The summed E-state index contributed by atoms with van der Waals surface area (Å²) in [6.45, 7) is 5.70. The van der Waals surface area contributed by atoms with Gasteiger partial charge in [0.2, 0.25) is 0 Å². The quantitative estimate of drug-likeness (QED) is 0.795. The van der Waals surface area contributed by atoms with Gasteiger partial charge in [-0.05, 0) is 25.0 Å². The highest BCUT2D eigenvalue weighted by atomic mass is 16.1. The van der Waals surface area contributed by atoms with Crippen molar-refractivity contribution < 1.29 is 4.79 Å². The van der Waals surface area contributed by atoms with Crippen LogP contribution >= 0.6 is 0 Å². The monoisotopic (exact) mass is 206 g/mol. The highest BCUT2D eigenvalue weighted by molar-refractivity contribution is 5.81. The Kier molecular flexibility index (Phi) is 4.43. The first kappa shape index (κ1) is 11.9. The molecule has 1 unspecified atom stereocenters. The number of rotatable bonds is 5. The molecule has 0 spiro atoms. The van der Waals surface area contributed by atoms with E-state index >= 15 is 0 Å². The molecule has 1 rings (SSSR count). The predicted octanol–water partition coefficient (Wildman–Crippen LogP) is 1.58. The average Bonchev–Trinajstić information content (AvgIpc) is 2.17. The number of hydrogen-bond acceptors (Lipinski definition) is 3. The van der Waals surface area contributed by atoms with Gasteiger partial charge in [0, 0.05) is 18.4 Å². The summed E-state index contributed by atoms with van der Waals surface area (Å²) in [6.07, 6.45) is 4.25. The van der Waals surface area contributed by atoms with Gasteiger partial charge in [0.15, 0.2) is 0 Å². The summed E-state index contributed by atoms with van der Waals surface area (Å²) in [7, 11) is 0. The van der Waals surface area contributed by atoms with Crippen LogP contribution in [0.1, 0.15) is 26.3 Å². The number of ketones is 1. The summed E-state index contributed by atoms with van der Waals surface area (Å²) in [5, 5.41) is 3.25. The first-order valence-corrected chi connectivity index (χ1v) is 5.25. The van der Waals surface area contributed by atoms with Crippen molar-refractivity contribution in [2.45, 2.75) is 39.3 Å². The summed E-state index contributed by atoms with van der Waals surface area (Å²) < 4.78 is 0. The normalized spacial score (nSPS) is 12.8. The Bertz CT molecular complexity index is 309. The first-order chi connectivity index (χ1) is 7.09. The highest BCUT2D eigenvalue weighted by Crippen LogP contribution is 2.03. The zero-order chi connectivity index (χ0) is 11.3. The van der Waals surface area contributed by atoms with E-state index in [0.717, 1.165) is 5.56 Å². The smallest absolute Gasteiger partial charge is 0.147 e. The molecule has 1 heterocycles. The summed E-state index contributed by atoms with van der Waals surface area (Å²) in [5.74, 6) is 0.174. The Morgan fingerprint density at radius 2 is 2.27 bits per heavy atom. The van der Waals surface area contributed by atoms with Crippen LogP contribution in [0.5, 0.6) is 0 Å². The SMILES string of the molecule is CC(=O)C(Cc1cccnc1)NC(C)C. The van der Waals surface area contributed by atoms with Crippen LogP contribution < -0.4 is 5.32 Å². The van der Waals surface area contributed by atoms with Crippen LogP contribution in [-0.4, -0.2) is 22.9 Å². The molecule has 0 bridgehead atoms. The highest BCUT2D eigenvalue weighted by Gasteiger charge is 2.15. The molecule has 1 N–H and O–H groups in total. The molecular formula is C12H18N2O. The lowest BCUT2D eigenvalue weighted by Gasteiger charge is -2.18. The number of aromatic nitrogens is 1. The van der Waals surface area contributed by atoms with Crippen molar-refractivity contribution in [1.82, 2.24) is 10.3 Å². The van der Waals surface area contributed by atoms with Crippen molar-refractivity contribution in [3.8, 4) is 0 Å². The van der Waals surface area contributed by atoms with Crippen LogP contribution in [0.2, 0.25) is 0 Å². The van der Waals surface area contributed by atoms with Gasteiger partial charge in [0.05, 0.1) is 6.04 Å². The molecule has 0 aliphatic heterocycles. The second-order valence-electron chi connectivity index (χ2n) is 4.05. The Morgan fingerprint density at radius 1 is 1.53 bits per heavy atom. The van der Waals surface area contributed by atoms with E-state index in [1.807, 2.05) is 26.0 Å². The maximum Gasteiger partial charge on any atom is 0.147 e. The average molecular weight is 206 g/mol. The Hall–Kier alpha value is -1.22. The number of carbonyl (C=O) groups is 1. The number of carbonyl (C=O) groups excluding carboxylic acids is 1. The minimum absolute atomic E-state index is 0.103. The van der Waals surface area contributed by atoms with Gasteiger partial charge in [-0.3, -0.25) is 9.78 Å². The lowest BCUT2D eigenvalue weighted by Crippen LogP contribution is -2.41. The molecular weight excluding hydrogens is 188 g/mol. The molecule has 0 saturated carbocycles. The minimum Gasteiger partial charge on any atom is -0.305 e. The van der Waals surface area contributed by atoms with E-state index in [4.69, 9.17) is 0 Å². The van der Waals surface area contributed by atoms with Crippen molar-refractivity contribution in [2.24, 2.45) is 0 Å². The maximum atomic E-state index is 11.4. The second kappa shape index (κ2) is 5.61. The van der Waals surface area contributed by atoms with Gasteiger partial charge in [-0.15, -0.1) is 0 Å². The van der Waals surface area contributed by atoms with Crippen molar-refractivity contribution in [2.75, 3.05) is 0 Å². The van der Waals surface area contributed by atoms with Crippen molar-refractivity contribution in [1.29, 1.82) is 0 Å². The zero-order valence-corrected chi connectivity index (χ0v) is 9.53. The van der Waals surface area contributed by atoms with Gasteiger partial charge >= 0.3 is 0 Å². The van der Waals surface area contributed by atoms with E-state index in [1.165, 1.54) is 0 Å². The largest absolute Gasteiger partial charge is 0.305 e. The van der Waals surface area contributed by atoms with E-state index in [-0.39, 0.29) is 11.8 Å². The third-order valence-corrected chi connectivity index (χ3v) is 2.19. The van der Waals surface area contributed by atoms with Gasteiger partial charge in [0.25, 0.3) is 0 Å². The van der Waals surface area contributed by atoms with Crippen LogP contribution in [0.25, 0.3) is 0 Å². The Balaban J connectivity index is 2.63. The minimum atomic E-state index is -0.103. The third kappa shape index (κ3) is 4.21. The molecule has 0 fully saturated rings. The molecule has 0 amide bonds. The number of pyridine rings is 1. The van der Waals surface area contributed by atoms with Gasteiger partial charge in [0.1, 0.15) is 5.78 Å². The molecule has 3 heteroatoms. The second-order valence-corrected chi connectivity index (χ2v) is 4.05. The topological polar surface area (TPSA) is 42.0 Å². The zero-order valence-electron chi connectivity index (χ0n) is 9.53. The molecule has 0 saturated heterocycles. The van der Waals surface area contributed by atoms with E-state index in [1.54, 1.807) is 19.3 Å². The standard InChI is InChI=1S/C12H18N2O/c1-9(2)14-12(10(3)15)7-11-5-4-6-13-8-11/h4-6,8-9,12,14H,7H2,1-3H3. The Morgan fingerprint density at radius 3 is 2.73 bits per heavy atom. The van der Waals surface area contributed by atoms with Crippen LogP contribution in [0.3, 0.4) is 0 Å². The van der Waals surface area contributed by atoms with E-state index in [2.05, 4.69) is 10.3 Å². The van der Waals surface area contributed by atoms with E-state index in [0.29, 0.717) is 12.5 Å². The summed E-state index contributed by atoms with van der Waals surface area (Å²) in [4.78, 5) is 15.4. The van der Waals surface area contributed by atoms with E-state index in [9.17, 15) is 4.79 Å². The lowest BCUT2D eigenvalue weighted by atomic mass is 10.0. The lowest BCUT2D eigenvalue weighted by molar-refractivity contribution is -0.119. The van der Waals surface area contributed by atoms with Crippen LogP contribution in [0.15, 0.2) is 24.5 Å². The van der Waals surface area contributed by atoms with Gasteiger partial charge in [-0.2, -0.15) is 0 Å². The molecule has 82 valence electrons. The molecule has 1 aromatic heterocycles. The first-order valence-electron chi connectivity index (χ1n) is 5.25. The maximum absolute atomic E-state index is 11.4. The van der Waals surface area contributed by atoms with Crippen molar-refractivity contribution in [3.63, 3.8) is 0 Å². The number of nitrogens with one attached hydrogen (secondary N) is 1. The third-order valence-electron chi connectivity index (χ3n) is 2.19. The fraction of sp³-hybridized carbons (Fsp3) is 0.500. The van der Waals surface area contributed by atoms with Crippen LogP contribution in [-0.2, 0) is 11.2 Å². The summed E-state index contributed by atoms with van der Waals surface area (Å²) >= 11 is 0. The van der Waals surface area contributed by atoms with Gasteiger partial charge in [-0.25, -0.2) is 0 Å². The fourth-order valence-corrected chi connectivity index (χ4v) is 1.48. The molecule has 1 atom stereocenters. The van der Waals surface area contributed by atoms with Gasteiger partial charge in [-0.1, -0.05) is 19.9 Å². The number of Topliss-reactive ketones (excluding diaryl/α,β-unsaturated/α-hetero) is 1. The van der Waals surface area contributed by atoms with Crippen molar-refractivity contribution in [3.05, 3.63) is 30.1 Å². The molecule has 3 nitrogen and oxygen atoms in total. The number of hydrogen-bond donors (Lipinski definition) is 1. The summed E-state index contributed by atoms with van der Waals surface area (Å²) in [6, 6.07) is 4.09. The van der Waals surface area contributed by atoms with Crippen LogP contribution in [0.4, 0.5) is 0 Å². The molecule has 15 heavy (non-hydrogen) atoms. The van der Waals surface area contributed by atoms with Crippen LogP contribution in [0, 0.1) is 0 Å².